The van der Waals surface area contributed by atoms with Gasteiger partial charge in [0.1, 0.15) is 17.1 Å². The van der Waals surface area contributed by atoms with Gasteiger partial charge in [0.25, 0.3) is 5.91 Å². The molecule has 1 aromatic heterocycles. The van der Waals surface area contributed by atoms with Crippen LogP contribution in [0.15, 0.2) is 34.1 Å². The van der Waals surface area contributed by atoms with Crippen molar-refractivity contribution >= 4 is 33.2 Å². The van der Waals surface area contributed by atoms with E-state index in [4.69, 9.17) is 9.47 Å². The molecule has 0 bridgehead atoms. The van der Waals surface area contributed by atoms with Crippen molar-refractivity contribution in [1.82, 2.24) is 4.90 Å². The Kier molecular flexibility index (Phi) is 5.25. The van der Waals surface area contributed by atoms with Crippen LogP contribution in [0.1, 0.15) is 15.2 Å². The minimum Gasteiger partial charge on any atom is -0.496 e. The third-order valence-corrected chi connectivity index (χ3v) is 4.69. The minimum atomic E-state index is -0.131. The average molecular weight is 370 g/mol. The van der Waals surface area contributed by atoms with Crippen molar-refractivity contribution in [3.05, 3.63) is 44.6 Å². The molecule has 4 nitrogen and oxygen atoms in total. The van der Waals surface area contributed by atoms with E-state index < -0.39 is 0 Å². The lowest BCUT2D eigenvalue weighted by atomic mass is 10.1. The molecule has 2 aromatic rings. The number of ether oxygens (including phenoxy) is 2. The predicted molar refractivity (Wildman–Crippen MR) is 87.4 cm³/mol. The van der Waals surface area contributed by atoms with Crippen LogP contribution in [0.3, 0.4) is 0 Å². The monoisotopic (exact) mass is 369 g/mol. The number of carbonyl (C=O) groups excluding carboxylic acids is 1. The summed E-state index contributed by atoms with van der Waals surface area (Å²) in [6, 6.07) is 7.31. The second-order valence-electron chi connectivity index (χ2n) is 4.43. The Bertz CT molecular complexity index is 619. The maximum absolute atomic E-state index is 12.7. The van der Waals surface area contributed by atoms with E-state index in [-0.39, 0.29) is 5.91 Å². The fraction of sp³-hybridized carbons (Fsp3) is 0.267. The minimum absolute atomic E-state index is 0.131. The Morgan fingerprint density at radius 2 is 1.90 bits per heavy atom. The summed E-state index contributed by atoms with van der Waals surface area (Å²) in [6.07, 6.45) is 0. The molecule has 0 saturated heterocycles. The highest BCUT2D eigenvalue weighted by molar-refractivity contribution is 9.10. The largest absolute Gasteiger partial charge is 0.496 e. The molecule has 0 fully saturated rings. The van der Waals surface area contributed by atoms with E-state index in [2.05, 4.69) is 15.9 Å². The summed E-state index contributed by atoms with van der Waals surface area (Å²) in [7, 11) is 4.85. The van der Waals surface area contributed by atoms with E-state index >= 15 is 0 Å². The Labute approximate surface area is 136 Å². The summed E-state index contributed by atoms with van der Waals surface area (Å²) in [6.45, 7) is 0.538. The lowest BCUT2D eigenvalue weighted by Gasteiger charge is -2.19. The Hall–Kier alpha value is -1.53. The van der Waals surface area contributed by atoms with E-state index in [1.807, 2.05) is 11.4 Å². The van der Waals surface area contributed by atoms with Gasteiger partial charge in [-0.05, 0) is 34.1 Å². The Morgan fingerprint density at radius 3 is 2.38 bits per heavy atom. The van der Waals surface area contributed by atoms with Crippen molar-refractivity contribution in [3.8, 4) is 11.5 Å². The topological polar surface area (TPSA) is 38.8 Å². The molecule has 1 amide bonds. The summed E-state index contributed by atoms with van der Waals surface area (Å²) in [5, 5.41) is 2.00. The molecule has 0 aliphatic heterocycles. The predicted octanol–water partition coefficient (Wildman–Crippen LogP) is 3.80. The fourth-order valence-electron chi connectivity index (χ4n) is 2.00. The molecule has 0 N–H and O–H groups in total. The van der Waals surface area contributed by atoms with Crippen LogP contribution in [0.4, 0.5) is 0 Å². The number of carbonyl (C=O) groups is 1. The number of rotatable bonds is 5. The molecule has 0 unspecified atom stereocenters. The van der Waals surface area contributed by atoms with Crippen LogP contribution in [0.5, 0.6) is 11.5 Å². The first kappa shape index (κ1) is 15.9. The fourth-order valence-corrected chi connectivity index (χ4v) is 3.50. The van der Waals surface area contributed by atoms with Gasteiger partial charge in [-0.1, -0.05) is 6.07 Å². The number of nitrogens with zero attached hydrogens (tertiary/aromatic N) is 1. The van der Waals surface area contributed by atoms with Crippen LogP contribution >= 0.6 is 27.3 Å². The molecule has 6 heteroatoms. The highest BCUT2D eigenvalue weighted by Gasteiger charge is 2.21. The molecule has 0 aliphatic carbocycles. The zero-order valence-corrected chi connectivity index (χ0v) is 14.5. The van der Waals surface area contributed by atoms with Gasteiger partial charge in [0.05, 0.1) is 20.8 Å². The van der Waals surface area contributed by atoms with Crippen molar-refractivity contribution in [1.29, 1.82) is 0 Å². The van der Waals surface area contributed by atoms with Crippen molar-refractivity contribution < 1.29 is 14.3 Å². The molecule has 21 heavy (non-hydrogen) atoms. The molecular formula is C15H16BrNO3S. The van der Waals surface area contributed by atoms with Crippen molar-refractivity contribution in [3.63, 3.8) is 0 Å². The lowest BCUT2D eigenvalue weighted by molar-refractivity contribution is 0.0779. The summed E-state index contributed by atoms with van der Waals surface area (Å²) in [5.74, 6) is 0.894. The second-order valence-corrected chi connectivity index (χ2v) is 6.34. The molecule has 0 spiro atoms. The van der Waals surface area contributed by atoms with Gasteiger partial charge in [-0.15, -0.1) is 11.3 Å². The smallest absolute Gasteiger partial charge is 0.261 e. The van der Waals surface area contributed by atoms with Gasteiger partial charge in [0.15, 0.2) is 0 Å². The summed E-state index contributed by atoms with van der Waals surface area (Å²) >= 11 is 5.02. The van der Waals surface area contributed by atoms with Gasteiger partial charge >= 0.3 is 0 Å². The number of amides is 1. The second kappa shape index (κ2) is 6.95. The molecule has 112 valence electrons. The average Bonchev–Trinajstić information content (AvgIpc) is 2.90. The van der Waals surface area contributed by atoms with Gasteiger partial charge in [0.2, 0.25) is 0 Å². The van der Waals surface area contributed by atoms with E-state index in [0.29, 0.717) is 23.6 Å². The molecule has 1 heterocycles. The van der Waals surface area contributed by atoms with E-state index in [1.165, 1.54) is 0 Å². The molecule has 0 radical (unpaired) electrons. The number of halogens is 1. The first-order chi connectivity index (χ1) is 10.1. The maximum Gasteiger partial charge on any atom is 0.261 e. The van der Waals surface area contributed by atoms with Gasteiger partial charge < -0.3 is 14.4 Å². The molecule has 0 saturated carbocycles. The molecule has 1 aromatic carbocycles. The van der Waals surface area contributed by atoms with Crippen LogP contribution < -0.4 is 9.47 Å². The molecule has 0 atom stereocenters. The van der Waals surface area contributed by atoms with Crippen molar-refractivity contribution in [2.45, 2.75) is 6.54 Å². The zero-order chi connectivity index (χ0) is 15.4. The normalized spacial score (nSPS) is 10.3. The van der Waals surface area contributed by atoms with Crippen LogP contribution in [-0.2, 0) is 6.54 Å². The van der Waals surface area contributed by atoms with Crippen LogP contribution in [0.25, 0.3) is 0 Å². The number of benzene rings is 1. The van der Waals surface area contributed by atoms with Crippen LogP contribution in [0, 0.1) is 0 Å². The lowest BCUT2D eigenvalue weighted by Crippen LogP contribution is -2.26. The van der Waals surface area contributed by atoms with Gasteiger partial charge in [-0.2, -0.15) is 0 Å². The third kappa shape index (κ3) is 3.57. The van der Waals surface area contributed by atoms with Crippen LogP contribution in [-0.4, -0.2) is 32.1 Å². The number of hydrogen-bond acceptors (Lipinski definition) is 4. The van der Waals surface area contributed by atoms with Crippen molar-refractivity contribution in [2.24, 2.45) is 0 Å². The van der Waals surface area contributed by atoms with E-state index in [1.54, 1.807) is 55.7 Å². The highest BCUT2D eigenvalue weighted by atomic mass is 79.9. The van der Waals surface area contributed by atoms with Gasteiger partial charge in [0, 0.05) is 21.8 Å². The summed E-state index contributed by atoms with van der Waals surface area (Å²) in [4.78, 5) is 15.4. The quantitative estimate of drug-likeness (QED) is 0.804. The zero-order valence-electron chi connectivity index (χ0n) is 12.1. The summed E-state index contributed by atoms with van der Waals surface area (Å²) < 4.78 is 11.6. The standard InChI is InChI=1S/C15H16BrNO3S/c1-17(8-11-7-10(16)9-21-11)15(18)14-12(19-2)5-4-6-13(14)20-3/h4-7,9H,8H2,1-3H3. The van der Waals surface area contributed by atoms with Gasteiger partial charge in [-0.3, -0.25) is 4.79 Å². The van der Waals surface area contributed by atoms with Crippen molar-refractivity contribution in [2.75, 3.05) is 21.3 Å². The number of thiophene rings is 1. The number of hydrogen-bond donors (Lipinski definition) is 0. The third-order valence-electron chi connectivity index (χ3n) is 3.00. The highest BCUT2D eigenvalue weighted by Crippen LogP contribution is 2.30. The number of methoxy groups -OCH3 is 2. The maximum atomic E-state index is 12.7. The van der Waals surface area contributed by atoms with E-state index in [0.717, 1.165) is 9.35 Å². The summed E-state index contributed by atoms with van der Waals surface area (Å²) in [5.41, 5.74) is 0.445. The first-order valence-corrected chi connectivity index (χ1v) is 7.93. The molecular weight excluding hydrogens is 354 g/mol. The molecule has 2 rings (SSSR count). The SMILES string of the molecule is COc1cccc(OC)c1C(=O)N(C)Cc1cc(Br)cs1. The Morgan fingerprint density at radius 1 is 1.29 bits per heavy atom. The first-order valence-electron chi connectivity index (χ1n) is 6.26. The molecule has 0 aliphatic rings. The van der Waals surface area contributed by atoms with E-state index in [9.17, 15) is 4.79 Å². The Balaban J connectivity index is 2.26. The van der Waals surface area contributed by atoms with Gasteiger partial charge in [-0.25, -0.2) is 0 Å². The van der Waals surface area contributed by atoms with Crippen LogP contribution in [0.2, 0.25) is 0 Å².